The van der Waals surface area contributed by atoms with Crippen LogP contribution >= 0.6 is 15.9 Å². The first-order valence-electron chi connectivity index (χ1n) is 6.97. The van der Waals surface area contributed by atoms with Gasteiger partial charge in [0.05, 0.1) is 21.5 Å². The van der Waals surface area contributed by atoms with Crippen molar-refractivity contribution in [2.24, 2.45) is 0 Å². The zero-order valence-electron chi connectivity index (χ0n) is 12.0. The lowest BCUT2D eigenvalue weighted by atomic mass is 9.89. The van der Waals surface area contributed by atoms with Gasteiger partial charge < -0.3 is 5.11 Å². The molecule has 1 aromatic rings. The summed E-state index contributed by atoms with van der Waals surface area (Å²) in [6.45, 7) is 9.21. The number of nitrogens with zero attached hydrogens (tertiary/aromatic N) is 2. The van der Waals surface area contributed by atoms with Crippen molar-refractivity contribution in [2.45, 2.75) is 71.9 Å². The Kier molecular flexibility index (Phi) is 5.86. The molecule has 0 saturated heterocycles. The average molecular weight is 317 g/mol. The zero-order valence-corrected chi connectivity index (χ0v) is 13.5. The highest BCUT2D eigenvalue weighted by Crippen LogP contribution is 2.29. The minimum atomic E-state index is -0.602. The topological polar surface area (TPSA) is 38.1 Å². The maximum atomic E-state index is 10.6. The second kappa shape index (κ2) is 6.71. The minimum absolute atomic E-state index is 0.602. The molecule has 0 amide bonds. The second-order valence-electron chi connectivity index (χ2n) is 4.88. The number of halogens is 1. The van der Waals surface area contributed by atoms with Crippen molar-refractivity contribution in [1.82, 2.24) is 9.78 Å². The van der Waals surface area contributed by atoms with Gasteiger partial charge in [-0.25, -0.2) is 0 Å². The van der Waals surface area contributed by atoms with Crippen LogP contribution in [0.4, 0.5) is 0 Å². The standard InChI is InChI=1S/C14H25BrN2O/c1-5-9-14(18,7-3)10-12-13(15)11(6-2)16-17(12)8-4/h18H,5-10H2,1-4H3. The van der Waals surface area contributed by atoms with E-state index in [0.29, 0.717) is 6.42 Å². The van der Waals surface area contributed by atoms with Crippen LogP contribution in [-0.4, -0.2) is 20.5 Å². The molecule has 0 radical (unpaired) electrons. The lowest BCUT2D eigenvalue weighted by Crippen LogP contribution is -2.31. The molecule has 1 unspecified atom stereocenters. The molecule has 1 heterocycles. The highest BCUT2D eigenvalue weighted by molar-refractivity contribution is 9.10. The summed E-state index contributed by atoms with van der Waals surface area (Å²) in [6.07, 6.45) is 4.22. The molecule has 1 atom stereocenters. The van der Waals surface area contributed by atoms with Gasteiger partial charge in [-0.15, -0.1) is 0 Å². The van der Waals surface area contributed by atoms with Crippen molar-refractivity contribution in [3.05, 3.63) is 15.9 Å². The Hall–Kier alpha value is -0.350. The summed E-state index contributed by atoms with van der Waals surface area (Å²) in [5.41, 5.74) is 1.61. The van der Waals surface area contributed by atoms with Crippen molar-refractivity contribution in [2.75, 3.05) is 0 Å². The van der Waals surface area contributed by atoms with Gasteiger partial charge in [-0.2, -0.15) is 5.10 Å². The van der Waals surface area contributed by atoms with Crippen molar-refractivity contribution < 1.29 is 5.11 Å². The molecule has 0 aliphatic heterocycles. The number of rotatable bonds is 7. The Bertz CT molecular complexity index is 389. The molecule has 1 N–H and O–H groups in total. The smallest absolute Gasteiger partial charge is 0.0766 e. The number of hydrogen-bond acceptors (Lipinski definition) is 2. The first-order valence-corrected chi connectivity index (χ1v) is 7.77. The predicted molar refractivity (Wildman–Crippen MR) is 78.8 cm³/mol. The summed E-state index contributed by atoms with van der Waals surface area (Å²) in [7, 11) is 0. The summed E-state index contributed by atoms with van der Waals surface area (Å²) in [6, 6.07) is 0. The molecular formula is C14H25BrN2O. The first-order chi connectivity index (χ1) is 8.51. The molecule has 0 spiro atoms. The fourth-order valence-corrected chi connectivity index (χ4v) is 3.06. The summed E-state index contributed by atoms with van der Waals surface area (Å²) >= 11 is 3.64. The Morgan fingerprint density at radius 1 is 1.28 bits per heavy atom. The second-order valence-corrected chi connectivity index (χ2v) is 5.67. The Labute approximate surface area is 119 Å². The van der Waals surface area contributed by atoms with E-state index in [1.807, 2.05) is 4.68 Å². The number of aliphatic hydroxyl groups is 1. The Morgan fingerprint density at radius 2 is 1.94 bits per heavy atom. The van der Waals surface area contributed by atoms with Gasteiger partial charge in [0.2, 0.25) is 0 Å². The average Bonchev–Trinajstić information content (AvgIpc) is 2.66. The molecule has 18 heavy (non-hydrogen) atoms. The van der Waals surface area contributed by atoms with Crippen molar-refractivity contribution in [3.8, 4) is 0 Å². The molecule has 3 nitrogen and oxygen atoms in total. The third-order valence-electron chi connectivity index (χ3n) is 3.56. The predicted octanol–water partition coefficient (Wildman–Crippen LogP) is 3.71. The van der Waals surface area contributed by atoms with E-state index in [4.69, 9.17) is 0 Å². The van der Waals surface area contributed by atoms with Crippen LogP contribution in [0, 0.1) is 0 Å². The van der Waals surface area contributed by atoms with Crippen LogP contribution in [0.1, 0.15) is 58.3 Å². The van der Waals surface area contributed by atoms with E-state index < -0.39 is 5.60 Å². The largest absolute Gasteiger partial charge is 0.389 e. The third-order valence-corrected chi connectivity index (χ3v) is 4.48. The van der Waals surface area contributed by atoms with Gasteiger partial charge >= 0.3 is 0 Å². The van der Waals surface area contributed by atoms with E-state index in [2.05, 4.69) is 48.7 Å². The molecule has 0 aliphatic carbocycles. The molecule has 4 heteroatoms. The summed E-state index contributed by atoms with van der Waals surface area (Å²) in [5.74, 6) is 0. The molecule has 0 aliphatic rings. The van der Waals surface area contributed by atoms with Gasteiger partial charge in [0.1, 0.15) is 0 Å². The van der Waals surface area contributed by atoms with Crippen LogP contribution < -0.4 is 0 Å². The first kappa shape index (κ1) is 15.7. The maximum absolute atomic E-state index is 10.6. The van der Waals surface area contributed by atoms with Crippen molar-refractivity contribution >= 4 is 15.9 Å². The van der Waals surface area contributed by atoms with Crippen molar-refractivity contribution in [1.29, 1.82) is 0 Å². The van der Waals surface area contributed by atoms with Crippen LogP contribution in [0.25, 0.3) is 0 Å². The van der Waals surface area contributed by atoms with Crippen LogP contribution in [0.5, 0.6) is 0 Å². The highest BCUT2D eigenvalue weighted by atomic mass is 79.9. The molecule has 1 rings (SSSR count). The molecule has 0 saturated carbocycles. The molecule has 1 aromatic heterocycles. The molecule has 104 valence electrons. The Morgan fingerprint density at radius 3 is 2.39 bits per heavy atom. The number of hydrogen-bond donors (Lipinski definition) is 1. The highest BCUT2D eigenvalue weighted by Gasteiger charge is 2.28. The van der Waals surface area contributed by atoms with E-state index in [0.717, 1.165) is 48.1 Å². The van der Waals surface area contributed by atoms with Gasteiger partial charge in [0, 0.05) is 13.0 Å². The number of aryl methyl sites for hydroxylation is 2. The zero-order chi connectivity index (χ0) is 13.8. The monoisotopic (exact) mass is 316 g/mol. The van der Waals surface area contributed by atoms with E-state index in [-0.39, 0.29) is 0 Å². The third kappa shape index (κ3) is 3.35. The number of aromatic nitrogens is 2. The quantitative estimate of drug-likeness (QED) is 0.832. The van der Waals surface area contributed by atoms with E-state index in [1.54, 1.807) is 0 Å². The van der Waals surface area contributed by atoms with Gasteiger partial charge in [-0.3, -0.25) is 4.68 Å². The van der Waals surface area contributed by atoms with Crippen LogP contribution in [0.15, 0.2) is 4.47 Å². The van der Waals surface area contributed by atoms with E-state index >= 15 is 0 Å². The van der Waals surface area contributed by atoms with E-state index in [1.165, 1.54) is 0 Å². The van der Waals surface area contributed by atoms with Crippen LogP contribution in [0.2, 0.25) is 0 Å². The molecule has 0 bridgehead atoms. The van der Waals surface area contributed by atoms with Gasteiger partial charge in [0.25, 0.3) is 0 Å². The van der Waals surface area contributed by atoms with Gasteiger partial charge in [-0.05, 0) is 42.1 Å². The van der Waals surface area contributed by atoms with Crippen LogP contribution in [-0.2, 0) is 19.4 Å². The normalized spacial score (nSPS) is 14.8. The van der Waals surface area contributed by atoms with Gasteiger partial charge in [-0.1, -0.05) is 27.2 Å². The molecular weight excluding hydrogens is 292 g/mol. The minimum Gasteiger partial charge on any atom is -0.389 e. The molecule has 0 fully saturated rings. The molecule has 0 aromatic carbocycles. The SMILES string of the molecule is CCCC(O)(CC)Cc1c(Br)c(CC)nn1CC. The summed E-state index contributed by atoms with van der Waals surface area (Å²) in [5, 5.41) is 15.2. The van der Waals surface area contributed by atoms with E-state index in [9.17, 15) is 5.11 Å². The van der Waals surface area contributed by atoms with Gasteiger partial charge in [0.15, 0.2) is 0 Å². The van der Waals surface area contributed by atoms with Crippen molar-refractivity contribution in [3.63, 3.8) is 0 Å². The van der Waals surface area contributed by atoms with Crippen LogP contribution in [0.3, 0.4) is 0 Å². The Balaban J connectivity index is 3.05. The lowest BCUT2D eigenvalue weighted by Gasteiger charge is -2.26. The fourth-order valence-electron chi connectivity index (χ4n) is 2.35. The maximum Gasteiger partial charge on any atom is 0.0766 e. The summed E-state index contributed by atoms with van der Waals surface area (Å²) < 4.78 is 3.09. The summed E-state index contributed by atoms with van der Waals surface area (Å²) in [4.78, 5) is 0. The lowest BCUT2D eigenvalue weighted by molar-refractivity contribution is 0.0250. The fraction of sp³-hybridized carbons (Fsp3) is 0.786.